The number of hydrogen-bond donors (Lipinski definition) is 1. The number of nitrogens with one attached hydrogen (secondary N) is 1. The highest BCUT2D eigenvalue weighted by atomic mass is 35.5. The minimum atomic E-state index is -0.234. The predicted molar refractivity (Wildman–Crippen MR) is 91.6 cm³/mol. The summed E-state index contributed by atoms with van der Waals surface area (Å²) >= 11 is 13.5. The van der Waals surface area contributed by atoms with Gasteiger partial charge in [-0.3, -0.25) is 4.79 Å². The summed E-state index contributed by atoms with van der Waals surface area (Å²) < 4.78 is 0. The van der Waals surface area contributed by atoms with E-state index >= 15 is 0 Å². The third-order valence-electron chi connectivity index (χ3n) is 2.91. The van der Waals surface area contributed by atoms with E-state index in [1.165, 1.54) is 17.3 Å². The van der Waals surface area contributed by atoms with Crippen LogP contribution in [0.15, 0.2) is 47.4 Å². The maximum Gasteiger partial charge on any atom is 0.237 e. The Morgan fingerprint density at radius 2 is 1.81 bits per heavy atom. The van der Waals surface area contributed by atoms with Crippen LogP contribution in [0.4, 0.5) is 5.69 Å². The fourth-order valence-corrected chi connectivity index (χ4v) is 2.92. The van der Waals surface area contributed by atoms with Gasteiger partial charge in [-0.15, -0.1) is 11.8 Å². The number of benzene rings is 2. The Morgan fingerprint density at radius 1 is 1.14 bits per heavy atom. The van der Waals surface area contributed by atoms with Gasteiger partial charge in [-0.25, -0.2) is 0 Å². The van der Waals surface area contributed by atoms with Crippen LogP contribution in [0.3, 0.4) is 0 Å². The molecule has 21 heavy (non-hydrogen) atoms. The molecule has 0 bridgehead atoms. The average Bonchev–Trinajstić information content (AvgIpc) is 2.46. The molecule has 0 heterocycles. The van der Waals surface area contributed by atoms with Crippen LogP contribution >= 0.6 is 35.0 Å². The molecule has 2 rings (SSSR count). The van der Waals surface area contributed by atoms with Gasteiger partial charge in [-0.2, -0.15) is 0 Å². The van der Waals surface area contributed by atoms with E-state index in [9.17, 15) is 4.79 Å². The number of carbonyl (C=O) groups is 1. The zero-order chi connectivity index (χ0) is 15.4. The Kier molecular flexibility index (Phi) is 5.57. The molecule has 0 aliphatic rings. The van der Waals surface area contributed by atoms with E-state index in [1.807, 2.05) is 38.1 Å². The number of hydrogen-bond acceptors (Lipinski definition) is 2. The fraction of sp³-hybridized carbons (Fsp3) is 0.188. The van der Waals surface area contributed by atoms with E-state index in [0.717, 1.165) is 4.90 Å². The van der Waals surface area contributed by atoms with Crippen molar-refractivity contribution >= 4 is 46.6 Å². The molecular formula is C16H15Cl2NOS. The van der Waals surface area contributed by atoms with Crippen molar-refractivity contribution in [1.29, 1.82) is 0 Å². The second kappa shape index (κ2) is 7.21. The van der Waals surface area contributed by atoms with Gasteiger partial charge < -0.3 is 5.32 Å². The minimum Gasteiger partial charge on any atom is -0.324 e. The summed E-state index contributed by atoms with van der Waals surface area (Å²) in [7, 11) is 0. The average molecular weight is 340 g/mol. The molecule has 0 saturated heterocycles. The molecule has 2 aromatic carbocycles. The van der Waals surface area contributed by atoms with Gasteiger partial charge in [0.05, 0.1) is 21.0 Å². The molecule has 0 aliphatic carbocycles. The van der Waals surface area contributed by atoms with Crippen LogP contribution in [0, 0.1) is 6.92 Å². The number of anilines is 1. The lowest BCUT2D eigenvalue weighted by Gasteiger charge is -2.13. The number of carbonyl (C=O) groups excluding carboxylic acids is 1. The highest BCUT2D eigenvalue weighted by molar-refractivity contribution is 8.00. The summed E-state index contributed by atoms with van der Waals surface area (Å²) in [6.45, 7) is 3.89. The van der Waals surface area contributed by atoms with E-state index in [2.05, 4.69) is 5.32 Å². The molecule has 1 N–H and O–H groups in total. The van der Waals surface area contributed by atoms with Gasteiger partial charge >= 0.3 is 0 Å². The quantitative estimate of drug-likeness (QED) is 0.753. The van der Waals surface area contributed by atoms with Gasteiger partial charge in [0.2, 0.25) is 5.91 Å². The zero-order valence-electron chi connectivity index (χ0n) is 11.7. The van der Waals surface area contributed by atoms with Crippen molar-refractivity contribution in [3.05, 3.63) is 58.1 Å². The molecule has 2 aromatic rings. The number of aryl methyl sites for hydroxylation is 1. The Bertz CT molecular complexity index is 643. The lowest BCUT2D eigenvalue weighted by molar-refractivity contribution is -0.115. The second-order valence-electron chi connectivity index (χ2n) is 4.66. The van der Waals surface area contributed by atoms with Crippen molar-refractivity contribution < 1.29 is 4.79 Å². The van der Waals surface area contributed by atoms with Crippen LogP contribution in [0.5, 0.6) is 0 Å². The lowest BCUT2D eigenvalue weighted by atomic mass is 10.2. The standard InChI is InChI=1S/C16H15Cl2NOS/c1-10-6-8-12(9-7-10)21-11(2)16(20)19-14-5-3-4-13(17)15(14)18/h3-9,11H,1-2H3,(H,19,20)/t11-/m1/s1. The van der Waals surface area contributed by atoms with Crippen molar-refractivity contribution in [3.8, 4) is 0 Å². The first-order chi connectivity index (χ1) is 9.97. The number of rotatable bonds is 4. The van der Waals surface area contributed by atoms with Crippen LogP contribution < -0.4 is 5.32 Å². The Labute approximate surface area is 138 Å². The smallest absolute Gasteiger partial charge is 0.237 e. The van der Waals surface area contributed by atoms with Crippen molar-refractivity contribution in [2.75, 3.05) is 5.32 Å². The van der Waals surface area contributed by atoms with E-state index < -0.39 is 0 Å². The van der Waals surface area contributed by atoms with Gasteiger partial charge in [0.15, 0.2) is 0 Å². The molecule has 5 heteroatoms. The van der Waals surface area contributed by atoms with E-state index in [1.54, 1.807) is 18.2 Å². The lowest BCUT2D eigenvalue weighted by Crippen LogP contribution is -2.22. The minimum absolute atomic E-state index is 0.107. The summed E-state index contributed by atoms with van der Waals surface area (Å²) in [5, 5.41) is 3.36. The largest absolute Gasteiger partial charge is 0.324 e. The fourth-order valence-electron chi connectivity index (χ4n) is 1.71. The van der Waals surface area contributed by atoms with Crippen molar-refractivity contribution in [3.63, 3.8) is 0 Å². The van der Waals surface area contributed by atoms with Crippen LogP contribution in [-0.4, -0.2) is 11.2 Å². The number of thioether (sulfide) groups is 1. The Morgan fingerprint density at radius 3 is 2.48 bits per heavy atom. The number of halogens is 2. The van der Waals surface area contributed by atoms with Crippen LogP contribution in [0.25, 0.3) is 0 Å². The van der Waals surface area contributed by atoms with Crippen molar-refractivity contribution in [1.82, 2.24) is 0 Å². The van der Waals surface area contributed by atoms with Gasteiger partial charge in [0.25, 0.3) is 0 Å². The summed E-state index contributed by atoms with van der Waals surface area (Å²) in [6.07, 6.45) is 0. The van der Waals surface area contributed by atoms with Crippen LogP contribution in [-0.2, 0) is 4.79 Å². The third-order valence-corrected chi connectivity index (χ3v) is 4.84. The molecular weight excluding hydrogens is 325 g/mol. The van der Waals surface area contributed by atoms with E-state index in [0.29, 0.717) is 15.7 Å². The third kappa shape index (κ3) is 4.40. The van der Waals surface area contributed by atoms with Gasteiger partial charge in [-0.1, -0.05) is 47.0 Å². The molecule has 0 radical (unpaired) electrons. The summed E-state index contributed by atoms with van der Waals surface area (Å²) in [5.74, 6) is -0.107. The Hall–Kier alpha value is -1.16. The highest BCUT2D eigenvalue weighted by Gasteiger charge is 2.16. The van der Waals surface area contributed by atoms with Gasteiger partial charge in [0, 0.05) is 4.90 Å². The van der Waals surface area contributed by atoms with Crippen molar-refractivity contribution in [2.45, 2.75) is 24.0 Å². The Balaban J connectivity index is 2.02. The molecule has 1 amide bonds. The monoisotopic (exact) mass is 339 g/mol. The van der Waals surface area contributed by atoms with Crippen molar-refractivity contribution in [2.24, 2.45) is 0 Å². The van der Waals surface area contributed by atoms with Crippen LogP contribution in [0.2, 0.25) is 10.0 Å². The topological polar surface area (TPSA) is 29.1 Å². The molecule has 110 valence electrons. The highest BCUT2D eigenvalue weighted by Crippen LogP contribution is 2.31. The molecule has 0 fully saturated rings. The van der Waals surface area contributed by atoms with Crippen LogP contribution in [0.1, 0.15) is 12.5 Å². The summed E-state index contributed by atoms with van der Waals surface area (Å²) in [5.41, 5.74) is 1.73. The SMILES string of the molecule is Cc1ccc(S[C@H](C)C(=O)Nc2cccc(Cl)c2Cl)cc1. The first-order valence-corrected chi connectivity index (χ1v) is 8.09. The second-order valence-corrected chi connectivity index (χ2v) is 6.86. The number of amides is 1. The molecule has 0 aromatic heterocycles. The van der Waals surface area contributed by atoms with E-state index in [-0.39, 0.29) is 11.2 Å². The maximum absolute atomic E-state index is 12.2. The first kappa shape index (κ1) is 16.2. The molecule has 0 spiro atoms. The van der Waals surface area contributed by atoms with Gasteiger partial charge in [0.1, 0.15) is 0 Å². The first-order valence-electron chi connectivity index (χ1n) is 6.45. The predicted octanol–water partition coefficient (Wildman–Crippen LogP) is 5.42. The molecule has 0 saturated carbocycles. The zero-order valence-corrected chi connectivity index (χ0v) is 14.0. The summed E-state index contributed by atoms with van der Waals surface area (Å²) in [4.78, 5) is 13.3. The molecule has 0 aliphatic heterocycles. The molecule has 2 nitrogen and oxygen atoms in total. The summed E-state index contributed by atoms with van der Waals surface area (Å²) in [6, 6.07) is 13.2. The molecule has 1 atom stereocenters. The van der Waals surface area contributed by atoms with Gasteiger partial charge in [-0.05, 0) is 38.1 Å². The normalized spacial score (nSPS) is 12.0. The molecule has 0 unspecified atom stereocenters. The van der Waals surface area contributed by atoms with E-state index in [4.69, 9.17) is 23.2 Å². The maximum atomic E-state index is 12.2.